The number of alkyl halides is 1. The summed E-state index contributed by atoms with van der Waals surface area (Å²) in [6, 6.07) is 7.76. The quantitative estimate of drug-likeness (QED) is 0.510. The molecule has 1 rings (SSSR count). The van der Waals surface area contributed by atoms with E-state index in [1.807, 2.05) is 30.3 Å². The monoisotopic (exact) mass is 299 g/mol. The van der Waals surface area contributed by atoms with E-state index in [1.54, 1.807) is 18.7 Å². The van der Waals surface area contributed by atoms with E-state index in [0.717, 1.165) is 16.3 Å². The summed E-state index contributed by atoms with van der Waals surface area (Å²) in [5, 5.41) is 2.88. The van der Waals surface area contributed by atoms with Gasteiger partial charge in [-0.3, -0.25) is 4.79 Å². The molecular formula is C12H14BrNOS. The first kappa shape index (κ1) is 13.3. The molecule has 1 amide bonds. The lowest BCUT2D eigenvalue weighted by Gasteiger charge is -2.10. The number of amides is 1. The van der Waals surface area contributed by atoms with Gasteiger partial charge < -0.3 is 5.32 Å². The molecule has 0 heterocycles. The van der Waals surface area contributed by atoms with Crippen LogP contribution >= 0.6 is 27.7 Å². The molecule has 0 fully saturated rings. The van der Waals surface area contributed by atoms with Crippen LogP contribution in [0.4, 0.5) is 5.69 Å². The first-order valence-electron chi connectivity index (χ1n) is 4.93. The Balaban J connectivity index is 2.78. The van der Waals surface area contributed by atoms with Crippen LogP contribution in [0.15, 0.2) is 41.8 Å². The average Bonchev–Trinajstić information content (AvgIpc) is 2.27. The van der Waals surface area contributed by atoms with Crippen molar-refractivity contribution in [2.24, 2.45) is 0 Å². The first-order chi connectivity index (χ1) is 7.65. The van der Waals surface area contributed by atoms with Crippen molar-refractivity contribution < 1.29 is 4.79 Å². The van der Waals surface area contributed by atoms with Crippen LogP contribution in [-0.2, 0) is 4.79 Å². The van der Waals surface area contributed by atoms with Gasteiger partial charge in [0.25, 0.3) is 0 Å². The van der Waals surface area contributed by atoms with Crippen molar-refractivity contribution in [3.8, 4) is 0 Å². The van der Waals surface area contributed by atoms with Crippen LogP contribution in [0.25, 0.3) is 0 Å². The highest BCUT2D eigenvalue weighted by atomic mass is 79.9. The fraction of sp³-hybridized carbons (Fsp3) is 0.250. The first-order valence-corrected chi connectivity index (χ1v) is 6.83. The van der Waals surface area contributed by atoms with E-state index >= 15 is 0 Å². The number of para-hydroxylation sites is 1. The molecule has 1 unspecified atom stereocenters. The van der Waals surface area contributed by atoms with Crippen LogP contribution in [0.3, 0.4) is 0 Å². The Hall–Kier alpha value is -0.740. The van der Waals surface area contributed by atoms with Gasteiger partial charge in [-0.1, -0.05) is 34.1 Å². The number of carbonyl (C=O) groups is 1. The predicted octanol–water partition coefficient (Wildman–Crippen LogP) is 3.69. The molecule has 0 bridgehead atoms. The standard InChI is InChI=1S/C12H14BrNOS/c1-3-8-16-11-7-5-4-6-10(11)14-12(15)9(2)13/h3-7,9H,1,8H2,2H3,(H,14,15). The van der Waals surface area contributed by atoms with E-state index in [1.165, 1.54) is 0 Å². The molecule has 0 aromatic heterocycles. The number of carbonyl (C=O) groups excluding carboxylic acids is 1. The number of anilines is 1. The second kappa shape index (κ2) is 6.76. The maximum atomic E-state index is 11.6. The minimum Gasteiger partial charge on any atom is -0.324 e. The van der Waals surface area contributed by atoms with Crippen molar-refractivity contribution >= 4 is 39.3 Å². The van der Waals surface area contributed by atoms with E-state index < -0.39 is 0 Å². The summed E-state index contributed by atoms with van der Waals surface area (Å²) >= 11 is 4.89. The molecule has 0 saturated heterocycles. The van der Waals surface area contributed by atoms with Gasteiger partial charge in [0.2, 0.25) is 5.91 Å². The second-order valence-corrected chi connectivity index (χ2v) is 5.64. The molecule has 16 heavy (non-hydrogen) atoms. The highest BCUT2D eigenvalue weighted by Gasteiger charge is 2.10. The number of halogens is 1. The molecule has 0 radical (unpaired) electrons. The van der Waals surface area contributed by atoms with E-state index in [9.17, 15) is 4.79 Å². The Bertz CT molecular complexity index is 379. The highest BCUT2D eigenvalue weighted by molar-refractivity contribution is 9.10. The third-order valence-electron chi connectivity index (χ3n) is 1.86. The molecule has 0 aliphatic heterocycles. The van der Waals surface area contributed by atoms with Gasteiger partial charge in [-0.25, -0.2) is 0 Å². The Morgan fingerprint density at radius 2 is 2.31 bits per heavy atom. The summed E-state index contributed by atoms with van der Waals surface area (Å²) in [4.78, 5) is 12.4. The topological polar surface area (TPSA) is 29.1 Å². The van der Waals surface area contributed by atoms with Gasteiger partial charge in [0.1, 0.15) is 0 Å². The van der Waals surface area contributed by atoms with Crippen LogP contribution in [0.2, 0.25) is 0 Å². The van der Waals surface area contributed by atoms with Gasteiger partial charge in [0, 0.05) is 10.6 Å². The van der Waals surface area contributed by atoms with Crippen LogP contribution in [-0.4, -0.2) is 16.5 Å². The molecule has 1 aromatic rings. The Morgan fingerprint density at radius 3 is 2.94 bits per heavy atom. The molecule has 4 heteroatoms. The zero-order valence-corrected chi connectivity index (χ0v) is 11.5. The minimum absolute atomic E-state index is 0.0355. The van der Waals surface area contributed by atoms with Crippen molar-refractivity contribution in [1.82, 2.24) is 0 Å². The van der Waals surface area contributed by atoms with Gasteiger partial charge in [0.15, 0.2) is 0 Å². The summed E-state index contributed by atoms with van der Waals surface area (Å²) in [5.41, 5.74) is 0.852. The molecule has 0 saturated carbocycles. The highest BCUT2D eigenvalue weighted by Crippen LogP contribution is 2.27. The molecule has 1 N–H and O–H groups in total. The SMILES string of the molecule is C=CCSc1ccccc1NC(=O)C(C)Br. The zero-order valence-electron chi connectivity index (χ0n) is 9.07. The van der Waals surface area contributed by atoms with Crippen molar-refractivity contribution in [2.75, 3.05) is 11.1 Å². The Labute approximate surface area is 109 Å². The van der Waals surface area contributed by atoms with E-state index in [2.05, 4.69) is 27.8 Å². The lowest BCUT2D eigenvalue weighted by atomic mass is 10.3. The molecule has 0 aliphatic carbocycles. The normalized spacial score (nSPS) is 11.9. The summed E-state index contributed by atoms with van der Waals surface area (Å²) in [5.74, 6) is 0.795. The smallest absolute Gasteiger partial charge is 0.237 e. The van der Waals surface area contributed by atoms with Crippen molar-refractivity contribution in [3.05, 3.63) is 36.9 Å². The van der Waals surface area contributed by atoms with Gasteiger partial charge >= 0.3 is 0 Å². The molecular weight excluding hydrogens is 286 g/mol. The Morgan fingerprint density at radius 1 is 1.62 bits per heavy atom. The van der Waals surface area contributed by atoms with Gasteiger partial charge in [0.05, 0.1) is 10.5 Å². The van der Waals surface area contributed by atoms with Crippen molar-refractivity contribution in [1.29, 1.82) is 0 Å². The van der Waals surface area contributed by atoms with Gasteiger partial charge in [-0.05, 0) is 19.1 Å². The third-order valence-corrected chi connectivity index (χ3v) is 3.35. The van der Waals surface area contributed by atoms with Gasteiger partial charge in [-0.15, -0.1) is 18.3 Å². The molecule has 1 aromatic carbocycles. The summed E-state index contributed by atoms with van der Waals surface area (Å²) < 4.78 is 0. The third kappa shape index (κ3) is 4.02. The van der Waals surface area contributed by atoms with E-state index in [4.69, 9.17) is 0 Å². The number of hydrogen-bond donors (Lipinski definition) is 1. The van der Waals surface area contributed by atoms with E-state index in [-0.39, 0.29) is 10.7 Å². The molecule has 0 aliphatic rings. The number of hydrogen-bond acceptors (Lipinski definition) is 2. The van der Waals surface area contributed by atoms with Crippen molar-refractivity contribution in [3.63, 3.8) is 0 Å². The zero-order chi connectivity index (χ0) is 12.0. The van der Waals surface area contributed by atoms with Crippen molar-refractivity contribution in [2.45, 2.75) is 16.6 Å². The fourth-order valence-corrected chi connectivity index (χ4v) is 1.94. The summed E-state index contributed by atoms with van der Waals surface area (Å²) in [7, 11) is 0. The number of rotatable bonds is 5. The van der Waals surface area contributed by atoms with Crippen LogP contribution in [0, 0.1) is 0 Å². The maximum absolute atomic E-state index is 11.6. The fourth-order valence-electron chi connectivity index (χ4n) is 1.08. The lowest BCUT2D eigenvalue weighted by molar-refractivity contribution is -0.115. The van der Waals surface area contributed by atoms with Gasteiger partial charge in [-0.2, -0.15) is 0 Å². The summed E-state index contributed by atoms with van der Waals surface area (Å²) in [6.45, 7) is 5.48. The molecule has 1 atom stereocenters. The molecule has 86 valence electrons. The minimum atomic E-state index is -0.190. The maximum Gasteiger partial charge on any atom is 0.237 e. The number of thioether (sulfide) groups is 1. The van der Waals surface area contributed by atoms with Crippen LogP contribution in [0.1, 0.15) is 6.92 Å². The predicted molar refractivity (Wildman–Crippen MR) is 74.4 cm³/mol. The number of nitrogens with one attached hydrogen (secondary N) is 1. The lowest BCUT2D eigenvalue weighted by Crippen LogP contribution is -2.20. The van der Waals surface area contributed by atoms with E-state index in [0.29, 0.717) is 0 Å². The second-order valence-electron chi connectivity index (χ2n) is 3.20. The Kier molecular flexibility index (Phi) is 5.63. The number of benzene rings is 1. The van der Waals surface area contributed by atoms with Crippen LogP contribution in [0.5, 0.6) is 0 Å². The molecule has 0 spiro atoms. The summed E-state index contributed by atoms with van der Waals surface area (Å²) in [6.07, 6.45) is 1.84. The van der Waals surface area contributed by atoms with Crippen LogP contribution < -0.4 is 5.32 Å². The molecule has 2 nitrogen and oxygen atoms in total. The largest absolute Gasteiger partial charge is 0.324 e. The average molecular weight is 300 g/mol.